The fraction of sp³-hybridized carbons (Fsp3) is 0.393. The van der Waals surface area contributed by atoms with Crippen molar-refractivity contribution < 1.29 is 9.18 Å². The van der Waals surface area contributed by atoms with Gasteiger partial charge in [0.15, 0.2) is 0 Å². The Hall–Kier alpha value is -2.43. The lowest BCUT2D eigenvalue weighted by molar-refractivity contribution is -0.128. The van der Waals surface area contributed by atoms with E-state index < -0.39 is 5.41 Å². The molecule has 2 atom stereocenters. The van der Waals surface area contributed by atoms with E-state index >= 15 is 0 Å². The first-order valence-electron chi connectivity index (χ1n) is 11.6. The van der Waals surface area contributed by atoms with Gasteiger partial charge in [-0.3, -0.25) is 4.79 Å². The summed E-state index contributed by atoms with van der Waals surface area (Å²) in [4.78, 5) is 15.9. The third kappa shape index (κ3) is 4.64. The molecule has 5 heteroatoms. The van der Waals surface area contributed by atoms with Crippen LogP contribution in [0.4, 0.5) is 4.39 Å². The van der Waals surface area contributed by atoms with Gasteiger partial charge in [-0.05, 0) is 92.5 Å². The Labute approximate surface area is 200 Å². The van der Waals surface area contributed by atoms with E-state index in [1.54, 1.807) is 13.0 Å². The van der Waals surface area contributed by atoms with Crippen molar-refractivity contribution >= 4 is 28.3 Å². The maximum absolute atomic E-state index is 14.5. The summed E-state index contributed by atoms with van der Waals surface area (Å²) in [7, 11) is 2.09. The quantitative estimate of drug-likeness (QED) is 0.470. The van der Waals surface area contributed by atoms with E-state index in [1.807, 2.05) is 56.3 Å². The number of hydrogen-bond donors (Lipinski definition) is 1. The molecule has 1 heterocycles. The van der Waals surface area contributed by atoms with Crippen LogP contribution in [-0.2, 0) is 10.2 Å². The van der Waals surface area contributed by atoms with E-state index in [0.29, 0.717) is 10.6 Å². The number of likely N-dealkylation sites (tertiary alicyclic amines) is 1. The molecule has 0 spiro atoms. The Balaban J connectivity index is 1.64. The number of aryl methyl sites for hydroxylation is 1. The zero-order chi connectivity index (χ0) is 23.8. The lowest BCUT2D eigenvalue weighted by atomic mass is 9.64. The van der Waals surface area contributed by atoms with E-state index in [4.69, 9.17) is 11.6 Å². The van der Waals surface area contributed by atoms with Gasteiger partial charge in [0.2, 0.25) is 5.91 Å². The van der Waals surface area contributed by atoms with Gasteiger partial charge < -0.3 is 10.2 Å². The molecule has 174 valence electrons. The summed E-state index contributed by atoms with van der Waals surface area (Å²) in [5, 5.41) is 6.02. The number of amides is 1. The number of carbonyl (C=O) groups excluding carboxylic acids is 1. The van der Waals surface area contributed by atoms with Gasteiger partial charge in [-0.25, -0.2) is 4.39 Å². The molecule has 0 aromatic heterocycles. The topological polar surface area (TPSA) is 32.3 Å². The lowest BCUT2D eigenvalue weighted by Gasteiger charge is -2.45. The van der Waals surface area contributed by atoms with Gasteiger partial charge in [-0.15, -0.1) is 0 Å². The molecule has 33 heavy (non-hydrogen) atoms. The molecule has 3 aromatic rings. The van der Waals surface area contributed by atoms with Crippen molar-refractivity contribution in [3.63, 3.8) is 0 Å². The van der Waals surface area contributed by atoms with Crippen LogP contribution in [0.2, 0.25) is 5.02 Å². The van der Waals surface area contributed by atoms with Crippen LogP contribution in [-0.4, -0.2) is 30.9 Å². The highest BCUT2D eigenvalue weighted by molar-refractivity contribution is 6.31. The first-order valence-corrected chi connectivity index (χ1v) is 12.0. The third-order valence-corrected chi connectivity index (χ3v) is 7.75. The molecule has 0 saturated carbocycles. The monoisotopic (exact) mass is 466 g/mol. The highest BCUT2D eigenvalue weighted by Gasteiger charge is 2.44. The molecular formula is C28H32ClFN2O. The Kier molecular flexibility index (Phi) is 6.78. The second kappa shape index (κ2) is 9.44. The Bertz CT molecular complexity index is 1170. The number of nitrogens with zero attached hydrogens (tertiary/aromatic N) is 1. The first kappa shape index (κ1) is 23.7. The van der Waals surface area contributed by atoms with E-state index in [0.717, 1.165) is 47.8 Å². The minimum atomic E-state index is -0.402. The van der Waals surface area contributed by atoms with Gasteiger partial charge in [0.05, 0.1) is 6.04 Å². The van der Waals surface area contributed by atoms with Crippen LogP contribution < -0.4 is 5.32 Å². The SMILES string of the molecule is Cc1ccc(C2(C(C)C(=O)NC(C)c3cc(Cl)cc4ccccc34)CCN(C)CC2)cc1F. The van der Waals surface area contributed by atoms with Crippen molar-refractivity contribution in [3.8, 4) is 0 Å². The smallest absolute Gasteiger partial charge is 0.224 e. The van der Waals surface area contributed by atoms with Crippen molar-refractivity contribution in [3.05, 3.63) is 82.1 Å². The summed E-state index contributed by atoms with van der Waals surface area (Å²) >= 11 is 6.38. The van der Waals surface area contributed by atoms with Crippen LogP contribution in [0, 0.1) is 18.7 Å². The predicted octanol–water partition coefficient (Wildman–Crippen LogP) is 6.42. The highest BCUT2D eigenvalue weighted by Crippen LogP contribution is 2.43. The summed E-state index contributed by atoms with van der Waals surface area (Å²) < 4.78 is 14.5. The molecule has 0 aliphatic carbocycles. The fourth-order valence-corrected chi connectivity index (χ4v) is 5.45. The van der Waals surface area contributed by atoms with Gasteiger partial charge in [-0.2, -0.15) is 0 Å². The molecular weight excluding hydrogens is 435 g/mol. The van der Waals surface area contributed by atoms with Gasteiger partial charge in [0.25, 0.3) is 0 Å². The second-order valence-electron chi connectivity index (χ2n) is 9.59. The Morgan fingerprint density at radius 3 is 2.48 bits per heavy atom. The standard InChI is InChI=1S/C28H32ClFN2O/c1-18-9-10-22(16-26(18)30)28(11-13-32(4)14-12-28)19(2)27(33)31-20(3)25-17-23(29)15-21-7-5-6-8-24(21)25/h5-10,15-17,19-20H,11-14H2,1-4H3,(H,31,33). The number of nitrogens with one attached hydrogen (secondary N) is 1. The van der Waals surface area contributed by atoms with Gasteiger partial charge in [0.1, 0.15) is 5.82 Å². The number of hydrogen-bond acceptors (Lipinski definition) is 2. The zero-order valence-electron chi connectivity index (χ0n) is 19.8. The van der Waals surface area contributed by atoms with Crippen LogP contribution in [0.25, 0.3) is 10.8 Å². The van der Waals surface area contributed by atoms with E-state index in [-0.39, 0.29) is 23.7 Å². The average molecular weight is 467 g/mol. The molecule has 0 bridgehead atoms. The van der Waals surface area contributed by atoms with Crippen molar-refractivity contribution in [1.82, 2.24) is 10.2 Å². The number of piperidine rings is 1. The molecule has 1 aliphatic rings. The maximum atomic E-state index is 14.5. The molecule has 1 aliphatic heterocycles. The minimum absolute atomic E-state index is 0.0166. The number of carbonyl (C=O) groups is 1. The van der Waals surface area contributed by atoms with Crippen molar-refractivity contribution in [2.75, 3.05) is 20.1 Å². The van der Waals surface area contributed by atoms with Crippen LogP contribution in [0.5, 0.6) is 0 Å². The number of halogens is 2. The highest BCUT2D eigenvalue weighted by atomic mass is 35.5. The van der Waals surface area contributed by atoms with Crippen LogP contribution in [0.15, 0.2) is 54.6 Å². The summed E-state index contributed by atoms with van der Waals surface area (Å²) in [5.41, 5.74) is 2.14. The van der Waals surface area contributed by atoms with Crippen LogP contribution in [0.1, 0.15) is 49.4 Å². The van der Waals surface area contributed by atoms with E-state index in [2.05, 4.69) is 23.3 Å². The van der Waals surface area contributed by atoms with Crippen molar-refractivity contribution in [2.45, 2.75) is 45.1 Å². The first-order chi connectivity index (χ1) is 15.7. The summed E-state index contributed by atoms with van der Waals surface area (Å²) in [6.07, 6.45) is 1.63. The van der Waals surface area contributed by atoms with Gasteiger partial charge in [-0.1, -0.05) is 54.9 Å². The molecule has 3 aromatic carbocycles. The molecule has 2 unspecified atom stereocenters. The molecule has 1 amide bonds. The summed E-state index contributed by atoms with van der Waals surface area (Å²) in [6.45, 7) is 7.51. The molecule has 1 fully saturated rings. The second-order valence-corrected chi connectivity index (χ2v) is 10.0. The van der Waals surface area contributed by atoms with Gasteiger partial charge in [0, 0.05) is 16.4 Å². The van der Waals surface area contributed by atoms with E-state index in [1.165, 1.54) is 0 Å². The van der Waals surface area contributed by atoms with Crippen molar-refractivity contribution in [2.24, 2.45) is 5.92 Å². The molecule has 1 N–H and O–H groups in total. The normalized spacial score (nSPS) is 18.1. The molecule has 1 saturated heterocycles. The zero-order valence-corrected chi connectivity index (χ0v) is 20.5. The Morgan fingerprint density at radius 1 is 1.09 bits per heavy atom. The summed E-state index contributed by atoms with van der Waals surface area (Å²) in [6, 6.07) is 17.2. The lowest BCUT2D eigenvalue weighted by Crippen LogP contribution is -2.50. The van der Waals surface area contributed by atoms with Crippen LogP contribution in [0.3, 0.4) is 0 Å². The molecule has 4 rings (SSSR count). The minimum Gasteiger partial charge on any atom is -0.349 e. The fourth-order valence-electron chi connectivity index (χ4n) is 5.22. The number of benzene rings is 3. The predicted molar refractivity (Wildman–Crippen MR) is 134 cm³/mol. The molecule has 0 radical (unpaired) electrons. The Morgan fingerprint density at radius 2 is 1.79 bits per heavy atom. The van der Waals surface area contributed by atoms with E-state index in [9.17, 15) is 9.18 Å². The summed E-state index contributed by atoms with van der Waals surface area (Å²) in [5.74, 6) is -0.532. The molecule has 3 nitrogen and oxygen atoms in total. The maximum Gasteiger partial charge on any atom is 0.224 e. The van der Waals surface area contributed by atoms with Crippen LogP contribution >= 0.6 is 11.6 Å². The largest absolute Gasteiger partial charge is 0.349 e. The number of fused-ring (bicyclic) bond motifs is 1. The number of rotatable bonds is 5. The van der Waals surface area contributed by atoms with Crippen molar-refractivity contribution in [1.29, 1.82) is 0 Å². The third-order valence-electron chi connectivity index (χ3n) is 7.53. The van der Waals surface area contributed by atoms with Gasteiger partial charge >= 0.3 is 0 Å². The average Bonchev–Trinajstić information content (AvgIpc) is 2.80.